The lowest BCUT2D eigenvalue weighted by Gasteiger charge is -2.55. The van der Waals surface area contributed by atoms with E-state index in [1.54, 1.807) is 7.11 Å². The number of likely N-dealkylation sites (tertiary alicyclic amines) is 1. The molecule has 3 unspecified atom stereocenters. The van der Waals surface area contributed by atoms with Gasteiger partial charge >= 0.3 is 0 Å². The Labute approximate surface area is 190 Å². The average Bonchev–Trinajstić information content (AvgIpc) is 3.64. The molecule has 3 fully saturated rings. The summed E-state index contributed by atoms with van der Waals surface area (Å²) in [4.78, 5) is 15.4. The first-order chi connectivity index (χ1) is 15.6. The van der Waals surface area contributed by atoms with Crippen LogP contribution in [0.3, 0.4) is 0 Å². The van der Waals surface area contributed by atoms with Crippen molar-refractivity contribution in [1.82, 2.24) is 10.2 Å². The molecule has 32 heavy (non-hydrogen) atoms. The van der Waals surface area contributed by atoms with Gasteiger partial charge in [-0.05, 0) is 74.4 Å². The van der Waals surface area contributed by atoms with Crippen LogP contribution in [-0.2, 0) is 5.41 Å². The number of benzene rings is 2. The zero-order valence-electron chi connectivity index (χ0n) is 18.9. The average molecular weight is 435 g/mol. The maximum absolute atomic E-state index is 12.9. The Morgan fingerprint density at radius 2 is 2.00 bits per heavy atom. The SMILES string of the molecule is COc1cccc(C23CCN(CC4CC4)CC2C(O)C[C@H](NC(=O)c2ccccc2)C3)c1. The Bertz CT molecular complexity index is 945. The number of nitrogens with zero attached hydrogens (tertiary/aromatic N) is 1. The van der Waals surface area contributed by atoms with Crippen LogP contribution in [0, 0.1) is 11.8 Å². The number of carbonyl (C=O) groups excluding carboxylic acids is 1. The van der Waals surface area contributed by atoms with E-state index in [1.807, 2.05) is 36.4 Å². The van der Waals surface area contributed by atoms with Gasteiger partial charge in [-0.1, -0.05) is 30.3 Å². The maximum atomic E-state index is 12.9. The Kier molecular flexibility index (Phi) is 5.95. The smallest absolute Gasteiger partial charge is 0.251 e. The van der Waals surface area contributed by atoms with Gasteiger partial charge in [-0.2, -0.15) is 0 Å². The van der Waals surface area contributed by atoms with Crippen LogP contribution in [-0.4, -0.2) is 54.8 Å². The fraction of sp³-hybridized carbons (Fsp3) is 0.519. The maximum Gasteiger partial charge on any atom is 0.251 e. The predicted molar refractivity (Wildman–Crippen MR) is 125 cm³/mol. The molecule has 1 amide bonds. The highest BCUT2D eigenvalue weighted by atomic mass is 16.5. The molecule has 5 rings (SSSR count). The lowest BCUT2D eigenvalue weighted by Crippen LogP contribution is -2.61. The Hall–Kier alpha value is -2.37. The van der Waals surface area contributed by atoms with Gasteiger partial charge in [0, 0.05) is 36.0 Å². The van der Waals surface area contributed by atoms with Crippen LogP contribution < -0.4 is 10.1 Å². The third-order valence-electron chi connectivity index (χ3n) is 7.87. The minimum atomic E-state index is -0.446. The highest BCUT2D eigenvalue weighted by molar-refractivity contribution is 5.94. The number of methoxy groups -OCH3 is 1. The second-order valence-corrected chi connectivity index (χ2v) is 9.99. The van der Waals surface area contributed by atoms with Gasteiger partial charge in [-0.15, -0.1) is 0 Å². The molecule has 1 saturated heterocycles. The van der Waals surface area contributed by atoms with Crippen molar-refractivity contribution >= 4 is 5.91 Å². The summed E-state index contributed by atoms with van der Waals surface area (Å²) in [6.07, 6.45) is 4.69. The monoisotopic (exact) mass is 434 g/mol. The number of aliphatic hydroxyl groups excluding tert-OH is 1. The zero-order valence-corrected chi connectivity index (χ0v) is 18.9. The quantitative estimate of drug-likeness (QED) is 0.729. The van der Waals surface area contributed by atoms with Gasteiger partial charge in [0.05, 0.1) is 13.2 Å². The van der Waals surface area contributed by atoms with E-state index in [4.69, 9.17) is 4.74 Å². The Morgan fingerprint density at radius 3 is 2.75 bits per heavy atom. The third-order valence-corrected chi connectivity index (χ3v) is 7.87. The van der Waals surface area contributed by atoms with E-state index < -0.39 is 6.10 Å². The Morgan fingerprint density at radius 1 is 1.19 bits per heavy atom. The lowest BCUT2D eigenvalue weighted by molar-refractivity contribution is -0.0482. The van der Waals surface area contributed by atoms with Crippen LogP contribution >= 0.6 is 0 Å². The summed E-state index contributed by atoms with van der Waals surface area (Å²) >= 11 is 0. The summed E-state index contributed by atoms with van der Waals surface area (Å²) in [5, 5.41) is 14.6. The van der Waals surface area contributed by atoms with E-state index in [-0.39, 0.29) is 23.3 Å². The first kappa shape index (κ1) is 21.5. The van der Waals surface area contributed by atoms with Crippen molar-refractivity contribution in [1.29, 1.82) is 0 Å². The fourth-order valence-electron chi connectivity index (χ4n) is 6.02. The van der Waals surface area contributed by atoms with Gasteiger partial charge in [-0.25, -0.2) is 0 Å². The van der Waals surface area contributed by atoms with Gasteiger partial charge < -0.3 is 20.1 Å². The molecule has 1 aliphatic heterocycles. The number of hydrogen-bond donors (Lipinski definition) is 2. The van der Waals surface area contributed by atoms with E-state index in [1.165, 1.54) is 18.4 Å². The van der Waals surface area contributed by atoms with E-state index in [9.17, 15) is 9.90 Å². The Balaban J connectivity index is 1.42. The number of nitrogens with one attached hydrogen (secondary N) is 1. The first-order valence-corrected chi connectivity index (χ1v) is 12.0. The summed E-state index contributed by atoms with van der Waals surface area (Å²) < 4.78 is 5.54. The molecule has 0 aromatic heterocycles. The minimum absolute atomic E-state index is 0.0601. The molecule has 0 spiro atoms. The van der Waals surface area contributed by atoms with E-state index >= 15 is 0 Å². The summed E-state index contributed by atoms with van der Waals surface area (Å²) in [6.45, 7) is 3.12. The van der Waals surface area contributed by atoms with Gasteiger partial charge in [0.25, 0.3) is 5.91 Å². The summed E-state index contributed by atoms with van der Waals surface area (Å²) in [6, 6.07) is 17.6. The number of aliphatic hydroxyl groups is 1. The largest absolute Gasteiger partial charge is 0.497 e. The number of fused-ring (bicyclic) bond motifs is 1. The molecule has 1 heterocycles. The first-order valence-electron chi connectivity index (χ1n) is 12.0. The van der Waals surface area contributed by atoms with Crippen LogP contribution in [0.5, 0.6) is 5.75 Å². The molecule has 2 N–H and O–H groups in total. The summed E-state index contributed by atoms with van der Waals surface area (Å²) in [5.74, 6) is 1.79. The minimum Gasteiger partial charge on any atom is -0.497 e. The highest BCUT2D eigenvalue weighted by Crippen LogP contribution is 2.50. The second kappa shape index (κ2) is 8.87. The lowest BCUT2D eigenvalue weighted by atomic mass is 9.57. The normalized spacial score (nSPS) is 30.4. The molecule has 5 heteroatoms. The topological polar surface area (TPSA) is 61.8 Å². The van der Waals surface area contributed by atoms with Crippen LogP contribution in [0.25, 0.3) is 0 Å². The molecule has 5 nitrogen and oxygen atoms in total. The van der Waals surface area contributed by atoms with Crippen molar-refractivity contribution in [2.75, 3.05) is 26.7 Å². The highest BCUT2D eigenvalue weighted by Gasteiger charge is 2.52. The molecule has 3 aliphatic rings. The molecule has 0 bridgehead atoms. The van der Waals surface area contributed by atoms with Crippen molar-refractivity contribution in [3.8, 4) is 5.75 Å². The van der Waals surface area contributed by atoms with Gasteiger partial charge in [-0.3, -0.25) is 4.79 Å². The van der Waals surface area contributed by atoms with Crippen LogP contribution in [0.1, 0.15) is 48.0 Å². The standard InChI is InChI=1S/C27H34N2O3/c1-32-23-9-5-8-21(14-23)27-12-13-29(17-19-10-11-19)18-24(27)25(30)15-22(16-27)28-26(31)20-6-3-2-4-7-20/h2-9,14,19,22,24-25,30H,10-13,15-18H2,1H3,(H,28,31)/t22-,24?,25?,27?/m0/s1. The summed E-state index contributed by atoms with van der Waals surface area (Å²) in [5.41, 5.74) is 1.73. The zero-order chi connectivity index (χ0) is 22.1. The van der Waals surface area contributed by atoms with Crippen LogP contribution in [0.4, 0.5) is 0 Å². The summed E-state index contributed by atoms with van der Waals surface area (Å²) in [7, 11) is 1.70. The molecular formula is C27H34N2O3. The fourth-order valence-corrected chi connectivity index (χ4v) is 6.02. The van der Waals surface area contributed by atoms with Crippen molar-refractivity contribution < 1.29 is 14.6 Å². The van der Waals surface area contributed by atoms with E-state index in [0.717, 1.165) is 44.1 Å². The predicted octanol–water partition coefficient (Wildman–Crippen LogP) is 3.62. The number of piperidine rings is 1. The van der Waals surface area contributed by atoms with Crippen molar-refractivity contribution in [3.63, 3.8) is 0 Å². The number of amides is 1. The molecule has 2 aliphatic carbocycles. The van der Waals surface area contributed by atoms with E-state index in [2.05, 4.69) is 28.4 Å². The molecular weight excluding hydrogens is 400 g/mol. The van der Waals surface area contributed by atoms with Gasteiger partial charge in [0.15, 0.2) is 0 Å². The van der Waals surface area contributed by atoms with Gasteiger partial charge in [0.1, 0.15) is 5.75 Å². The third kappa shape index (κ3) is 4.28. The van der Waals surface area contributed by atoms with Crippen molar-refractivity contribution in [2.45, 2.75) is 49.7 Å². The van der Waals surface area contributed by atoms with Crippen molar-refractivity contribution in [3.05, 3.63) is 65.7 Å². The van der Waals surface area contributed by atoms with Crippen molar-refractivity contribution in [2.24, 2.45) is 11.8 Å². The molecule has 170 valence electrons. The molecule has 2 aromatic rings. The van der Waals surface area contributed by atoms with Crippen LogP contribution in [0.15, 0.2) is 54.6 Å². The molecule has 0 radical (unpaired) electrons. The van der Waals surface area contributed by atoms with Crippen LogP contribution in [0.2, 0.25) is 0 Å². The number of hydrogen-bond acceptors (Lipinski definition) is 4. The number of rotatable bonds is 6. The second-order valence-electron chi connectivity index (χ2n) is 9.99. The van der Waals surface area contributed by atoms with Gasteiger partial charge in [0.2, 0.25) is 0 Å². The molecule has 2 aromatic carbocycles. The van der Waals surface area contributed by atoms with E-state index in [0.29, 0.717) is 12.0 Å². The number of ether oxygens (including phenoxy) is 1. The molecule has 2 saturated carbocycles. The molecule has 4 atom stereocenters. The number of carbonyl (C=O) groups is 1.